The van der Waals surface area contributed by atoms with Crippen LogP contribution in [0.15, 0.2) is 109 Å². The molecule has 4 aromatic carbocycles. The molecule has 0 aromatic heterocycles. The monoisotopic (exact) mass is 912 g/mol. The summed E-state index contributed by atoms with van der Waals surface area (Å²) in [5.41, 5.74) is 19.5. The summed E-state index contributed by atoms with van der Waals surface area (Å²) in [4.78, 5) is 0. The number of hydrogen-bond donors (Lipinski definition) is 0. The van der Waals surface area contributed by atoms with Crippen LogP contribution in [0.1, 0.15) is 148 Å². The van der Waals surface area contributed by atoms with Crippen molar-refractivity contribution in [1.82, 2.24) is 0 Å². The molecule has 0 saturated carbocycles. The molecule has 0 saturated heterocycles. The molecule has 4 aliphatic carbocycles. The van der Waals surface area contributed by atoms with E-state index in [1.807, 2.05) is 0 Å². The SMILES string of the molecule is CC(C)(C)C1=[C-]C(C)(C)c2cc3c(cc21)-c1cc2c(cc1C3)C(C)(C)C=C2C(C)(C)C.CCC1[C-]=CC(C(C)(C)C)=C1.[Cl-].[Cl-].[Zr+2]=[C](Cc1ccccc1)Cc1ccccc1. The van der Waals surface area contributed by atoms with Crippen molar-refractivity contribution in [3.63, 3.8) is 0 Å². The van der Waals surface area contributed by atoms with Gasteiger partial charge in [0.05, 0.1) is 0 Å². The van der Waals surface area contributed by atoms with E-state index in [2.05, 4.69) is 212 Å². The molecule has 4 aromatic rings. The van der Waals surface area contributed by atoms with E-state index in [1.54, 1.807) is 27.4 Å². The van der Waals surface area contributed by atoms with E-state index in [9.17, 15) is 0 Å². The molecule has 3 heteroatoms. The van der Waals surface area contributed by atoms with E-state index in [4.69, 9.17) is 0 Å². The van der Waals surface area contributed by atoms with Crippen LogP contribution in [0.3, 0.4) is 0 Å². The maximum atomic E-state index is 3.85. The summed E-state index contributed by atoms with van der Waals surface area (Å²) < 4.78 is 1.60. The fourth-order valence-corrected chi connectivity index (χ4v) is 9.91. The van der Waals surface area contributed by atoms with Gasteiger partial charge >= 0.3 is 112 Å². The molecule has 0 radical (unpaired) electrons. The van der Waals surface area contributed by atoms with E-state index in [0.717, 1.165) is 19.3 Å². The number of benzene rings is 4. The third-order valence-corrected chi connectivity index (χ3v) is 13.1. The first-order chi connectivity index (χ1) is 27.0. The fourth-order valence-electron chi connectivity index (χ4n) is 8.90. The molecular formula is C57H68Cl2Zr-2. The summed E-state index contributed by atoms with van der Waals surface area (Å²) in [5.74, 6) is 0.573. The number of allylic oxidation sites excluding steroid dienone is 8. The zero-order chi connectivity index (χ0) is 42.4. The van der Waals surface area contributed by atoms with Crippen molar-refractivity contribution < 1.29 is 49.0 Å². The molecule has 4 aliphatic rings. The first-order valence-electron chi connectivity index (χ1n) is 21.7. The average Bonchev–Trinajstić information content (AvgIpc) is 3.89. The topological polar surface area (TPSA) is 0 Å². The van der Waals surface area contributed by atoms with Gasteiger partial charge in [-0.05, 0) is 62.3 Å². The van der Waals surface area contributed by atoms with Crippen LogP contribution in [0.25, 0.3) is 22.3 Å². The normalized spacial score (nSPS) is 17.5. The zero-order valence-corrected chi connectivity index (χ0v) is 42.9. The Morgan fingerprint density at radius 1 is 0.650 bits per heavy atom. The average molecular weight is 915 g/mol. The molecule has 1 unspecified atom stereocenters. The van der Waals surface area contributed by atoms with Gasteiger partial charge in [0.15, 0.2) is 0 Å². The van der Waals surface area contributed by atoms with Gasteiger partial charge in [0.2, 0.25) is 0 Å². The van der Waals surface area contributed by atoms with E-state index in [1.165, 1.54) is 78.8 Å². The third-order valence-electron chi connectivity index (χ3n) is 12.2. The number of rotatable bonds is 5. The molecule has 1 atom stereocenters. The van der Waals surface area contributed by atoms with Gasteiger partial charge in [0.1, 0.15) is 0 Å². The number of hydrogen-bond acceptors (Lipinski definition) is 0. The van der Waals surface area contributed by atoms with Crippen molar-refractivity contribution in [1.29, 1.82) is 0 Å². The van der Waals surface area contributed by atoms with Crippen LogP contribution in [0.5, 0.6) is 0 Å². The van der Waals surface area contributed by atoms with Crippen LogP contribution < -0.4 is 24.8 Å². The Morgan fingerprint density at radius 3 is 1.58 bits per heavy atom. The summed E-state index contributed by atoms with van der Waals surface area (Å²) in [6, 6.07) is 31.4. The standard InChI is InChI=1S/C31H37.C15H14.C11H17.2ClH.Zr/c1-28(2,3)26-16-30(7,8)24-12-18-11-19-13-25-23(15-21(19)20(18)14-22(24)26)27(29(4,5)6)17-31(25,9)10;1-3-8-14(9-4-1)12-7-13-15-10-5-2-6-11-15;1-5-9-6-7-10(8-9)11(2,3)4;;;/h12-16H,11H2,1-10H3;1-6,8-11H,12-13H2;7-9H,5H2,1-4H3;2*1H;/q-1;;-1;;;+2/p-2. The molecule has 0 bridgehead atoms. The van der Waals surface area contributed by atoms with Gasteiger partial charge < -0.3 is 24.8 Å². The second-order valence-electron chi connectivity index (χ2n) is 21.3. The molecule has 316 valence electrons. The Bertz CT molecular complexity index is 2150. The fraction of sp³-hybridized carbons (Fsp3) is 0.421. The third kappa shape index (κ3) is 11.2. The van der Waals surface area contributed by atoms with Gasteiger partial charge in [-0.15, -0.1) is 11.6 Å². The molecule has 0 aliphatic heterocycles. The molecule has 0 N–H and O–H groups in total. The van der Waals surface area contributed by atoms with E-state index >= 15 is 0 Å². The first kappa shape index (κ1) is 49.8. The van der Waals surface area contributed by atoms with Gasteiger partial charge in [-0.2, -0.15) is 17.2 Å². The molecule has 8 rings (SSSR count). The minimum atomic E-state index is -0.0202. The van der Waals surface area contributed by atoms with Crippen molar-refractivity contribution in [2.45, 2.75) is 133 Å². The van der Waals surface area contributed by atoms with Crippen molar-refractivity contribution in [2.75, 3.05) is 0 Å². The molecule has 0 heterocycles. The summed E-state index contributed by atoms with van der Waals surface area (Å²) in [7, 11) is 0. The van der Waals surface area contributed by atoms with Crippen molar-refractivity contribution >= 4 is 14.4 Å². The van der Waals surface area contributed by atoms with Gasteiger partial charge in [-0.25, -0.2) is 11.6 Å². The summed E-state index contributed by atoms with van der Waals surface area (Å²) in [6.45, 7) is 32.3. The minimum absolute atomic E-state index is 0. The Balaban J connectivity index is 0.000000229. The van der Waals surface area contributed by atoms with Crippen molar-refractivity contribution in [2.24, 2.45) is 22.2 Å². The first-order valence-corrected chi connectivity index (χ1v) is 22.9. The van der Waals surface area contributed by atoms with Crippen LogP contribution in [-0.2, 0) is 54.3 Å². The Morgan fingerprint density at radius 2 is 1.15 bits per heavy atom. The van der Waals surface area contributed by atoms with Crippen LogP contribution >= 0.6 is 0 Å². The van der Waals surface area contributed by atoms with Crippen molar-refractivity contribution in [3.05, 3.63) is 165 Å². The number of fused-ring (bicyclic) bond motifs is 5. The Labute approximate surface area is 392 Å². The van der Waals surface area contributed by atoms with Gasteiger partial charge in [0.25, 0.3) is 0 Å². The van der Waals surface area contributed by atoms with Gasteiger partial charge in [-0.1, -0.05) is 138 Å². The number of halogens is 2. The van der Waals surface area contributed by atoms with E-state index in [-0.39, 0.29) is 46.5 Å². The maximum absolute atomic E-state index is 3.85. The molecule has 60 heavy (non-hydrogen) atoms. The Kier molecular flexibility index (Phi) is 15.7. The van der Waals surface area contributed by atoms with E-state index in [0.29, 0.717) is 11.3 Å². The van der Waals surface area contributed by atoms with E-state index < -0.39 is 0 Å². The quantitative estimate of drug-likeness (QED) is 0.155. The second-order valence-corrected chi connectivity index (χ2v) is 23.1. The van der Waals surface area contributed by atoms with Crippen LogP contribution in [0, 0.1) is 34.3 Å². The van der Waals surface area contributed by atoms with Crippen LogP contribution in [-0.4, -0.2) is 3.21 Å². The summed E-state index contributed by atoms with van der Waals surface area (Å²) in [5, 5.41) is 0. The molecule has 0 spiro atoms. The van der Waals surface area contributed by atoms with Gasteiger partial charge in [0, 0.05) is 5.41 Å². The zero-order valence-electron chi connectivity index (χ0n) is 39.0. The molecule has 0 nitrogen and oxygen atoms in total. The summed E-state index contributed by atoms with van der Waals surface area (Å²) in [6.07, 6.45) is 18.6. The van der Waals surface area contributed by atoms with Gasteiger partial charge in [-0.3, -0.25) is 12.2 Å². The predicted molar refractivity (Wildman–Crippen MR) is 249 cm³/mol. The second kappa shape index (κ2) is 18.9. The summed E-state index contributed by atoms with van der Waals surface area (Å²) >= 11 is 1.55. The molecular weight excluding hydrogens is 847 g/mol. The predicted octanol–water partition coefficient (Wildman–Crippen LogP) is 9.06. The van der Waals surface area contributed by atoms with Crippen LogP contribution in [0.4, 0.5) is 0 Å². The molecule has 0 fully saturated rings. The van der Waals surface area contributed by atoms with Crippen LogP contribution in [0.2, 0.25) is 0 Å². The Hall–Kier alpha value is -2.83. The molecule has 0 amide bonds. The van der Waals surface area contributed by atoms with Crippen molar-refractivity contribution in [3.8, 4) is 11.1 Å².